The van der Waals surface area contributed by atoms with Gasteiger partial charge in [0.1, 0.15) is 0 Å². The van der Waals surface area contributed by atoms with Crippen molar-refractivity contribution in [2.45, 2.75) is 17.7 Å². The maximum Gasteiger partial charge on any atom is 0.316 e. The fraction of sp³-hybridized carbons (Fsp3) is 0.250. The van der Waals surface area contributed by atoms with Crippen molar-refractivity contribution in [1.82, 2.24) is 0 Å². The first-order chi connectivity index (χ1) is 13.5. The molecule has 2 aromatic carbocycles. The Morgan fingerprint density at radius 1 is 1.14 bits per heavy atom. The van der Waals surface area contributed by atoms with Gasteiger partial charge in [-0.3, -0.25) is 14.4 Å². The second-order valence-electron chi connectivity index (χ2n) is 6.12. The van der Waals surface area contributed by atoms with Crippen LogP contribution in [-0.2, 0) is 19.1 Å². The molecule has 2 aromatic rings. The van der Waals surface area contributed by atoms with E-state index in [0.717, 1.165) is 15.8 Å². The number of rotatable bonds is 7. The molecule has 1 saturated heterocycles. The van der Waals surface area contributed by atoms with Gasteiger partial charge in [-0.15, -0.1) is 11.8 Å². The molecular weight excluding hydrogens is 444 g/mol. The third-order valence-corrected chi connectivity index (χ3v) is 5.59. The third kappa shape index (κ3) is 5.59. The molecule has 1 N–H and O–H groups in total. The number of para-hydroxylation sites is 2. The van der Waals surface area contributed by atoms with Crippen LogP contribution in [0.1, 0.15) is 12.8 Å². The normalized spacial score (nSPS) is 13.5. The Labute approximate surface area is 175 Å². The smallest absolute Gasteiger partial charge is 0.316 e. The summed E-state index contributed by atoms with van der Waals surface area (Å²) in [7, 11) is 0. The average Bonchev–Trinajstić information content (AvgIpc) is 3.12. The highest BCUT2D eigenvalue weighted by Crippen LogP contribution is 2.29. The Hall–Kier alpha value is -2.32. The number of anilines is 2. The zero-order chi connectivity index (χ0) is 19.9. The number of thioether (sulfide) groups is 1. The fourth-order valence-corrected chi connectivity index (χ4v) is 3.73. The zero-order valence-corrected chi connectivity index (χ0v) is 17.4. The molecule has 1 aliphatic heterocycles. The second kappa shape index (κ2) is 9.75. The number of benzene rings is 2. The van der Waals surface area contributed by atoms with Crippen LogP contribution >= 0.6 is 27.7 Å². The zero-order valence-electron chi connectivity index (χ0n) is 15.0. The Kier molecular flexibility index (Phi) is 7.11. The van der Waals surface area contributed by atoms with Gasteiger partial charge in [-0.25, -0.2) is 0 Å². The lowest BCUT2D eigenvalue weighted by atomic mass is 10.2. The molecule has 0 saturated carbocycles. The monoisotopic (exact) mass is 462 g/mol. The minimum atomic E-state index is -0.467. The number of amides is 2. The van der Waals surface area contributed by atoms with E-state index in [-0.39, 0.29) is 18.3 Å². The van der Waals surface area contributed by atoms with E-state index in [1.807, 2.05) is 30.3 Å². The summed E-state index contributed by atoms with van der Waals surface area (Å²) in [6, 6.07) is 14.7. The van der Waals surface area contributed by atoms with Crippen molar-refractivity contribution in [2.75, 3.05) is 29.1 Å². The van der Waals surface area contributed by atoms with E-state index in [2.05, 4.69) is 21.2 Å². The van der Waals surface area contributed by atoms with Crippen LogP contribution in [0.2, 0.25) is 0 Å². The lowest BCUT2D eigenvalue weighted by Gasteiger charge is -2.19. The van der Waals surface area contributed by atoms with Crippen LogP contribution in [0, 0.1) is 0 Å². The minimum absolute atomic E-state index is 0.0399. The summed E-state index contributed by atoms with van der Waals surface area (Å²) in [5.74, 6) is -0.751. The molecule has 0 radical (unpaired) electrons. The summed E-state index contributed by atoms with van der Waals surface area (Å²) in [5, 5.41) is 2.72. The van der Waals surface area contributed by atoms with Gasteiger partial charge in [0, 0.05) is 22.3 Å². The lowest BCUT2D eigenvalue weighted by Crippen LogP contribution is -2.27. The number of esters is 1. The fourth-order valence-electron chi connectivity index (χ4n) is 2.76. The molecule has 28 heavy (non-hydrogen) atoms. The molecule has 2 amide bonds. The van der Waals surface area contributed by atoms with Crippen LogP contribution in [0.5, 0.6) is 0 Å². The molecule has 1 aliphatic rings. The Bertz CT molecular complexity index is 873. The molecule has 8 heteroatoms. The SMILES string of the molecule is O=C(COC(=O)CSc1ccc(Br)cc1)Nc1ccccc1N1CCCC1=O. The van der Waals surface area contributed by atoms with Gasteiger partial charge in [-0.1, -0.05) is 28.1 Å². The standard InChI is InChI=1S/C20H19BrN2O4S/c21-14-7-9-15(10-8-14)28-13-20(26)27-12-18(24)22-16-4-1-2-5-17(16)23-11-3-6-19(23)25/h1-2,4-5,7-10H,3,6,11-13H2,(H,22,24). The molecule has 0 aliphatic carbocycles. The largest absolute Gasteiger partial charge is 0.455 e. The molecule has 0 atom stereocenters. The first-order valence-corrected chi connectivity index (χ1v) is 10.5. The van der Waals surface area contributed by atoms with Gasteiger partial charge in [0.2, 0.25) is 5.91 Å². The summed E-state index contributed by atoms with van der Waals surface area (Å²) in [6.45, 7) is 0.260. The van der Waals surface area contributed by atoms with Crippen molar-refractivity contribution >= 4 is 56.9 Å². The third-order valence-electron chi connectivity index (χ3n) is 4.08. The molecule has 3 rings (SSSR count). The predicted molar refractivity (Wildman–Crippen MR) is 112 cm³/mol. The topological polar surface area (TPSA) is 75.7 Å². The van der Waals surface area contributed by atoms with E-state index in [1.54, 1.807) is 23.1 Å². The molecule has 1 heterocycles. The Morgan fingerprint density at radius 2 is 1.89 bits per heavy atom. The van der Waals surface area contributed by atoms with E-state index in [1.165, 1.54) is 11.8 Å². The van der Waals surface area contributed by atoms with Crippen LogP contribution in [-0.4, -0.2) is 36.7 Å². The second-order valence-corrected chi connectivity index (χ2v) is 8.08. The van der Waals surface area contributed by atoms with Gasteiger partial charge < -0.3 is 15.0 Å². The number of nitrogens with one attached hydrogen (secondary N) is 1. The lowest BCUT2D eigenvalue weighted by molar-refractivity contribution is -0.144. The number of carbonyl (C=O) groups excluding carboxylic acids is 3. The summed E-state index contributed by atoms with van der Waals surface area (Å²) in [6.07, 6.45) is 1.31. The minimum Gasteiger partial charge on any atom is -0.455 e. The van der Waals surface area contributed by atoms with E-state index in [0.29, 0.717) is 24.3 Å². The van der Waals surface area contributed by atoms with Crippen LogP contribution in [0.15, 0.2) is 57.9 Å². The Balaban J connectivity index is 1.48. The van der Waals surface area contributed by atoms with Crippen molar-refractivity contribution in [3.8, 4) is 0 Å². The van der Waals surface area contributed by atoms with Crippen molar-refractivity contribution < 1.29 is 19.1 Å². The first-order valence-electron chi connectivity index (χ1n) is 8.76. The van der Waals surface area contributed by atoms with Crippen molar-refractivity contribution in [3.63, 3.8) is 0 Å². The molecule has 1 fully saturated rings. The maximum atomic E-state index is 12.2. The quantitative estimate of drug-likeness (QED) is 0.499. The summed E-state index contributed by atoms with van der Waals surface area (Å²) in [5.41, 5.74) is 1.19. The van der Waals surface area contributed by atoms with E-state index in [4.69, 9.17) is 4.74 Å². The van der Waals surface area contributed by atoms with Gasteiger partial charge in [-0.05, 0) is 42.8 Å². The highest BCUT2D eigenvalue weighted by molar-refractivity contribution is 9.10. The molecule has 0 unspecified atom stereocenters. The van der Waals surface area contributed by atoms with E-state index >= 15 is 0 Å². The summed E-state index contributed by atoms with van der Waals surface area (Å²) >= 11 is 4.70. The van der Waals surface area contributed by atoms with Crippen molar-refractivity contribution in [3.05, 3.63) is 53.0 Å². The number of halogens is 1. The highest BCUT2D eigenvalue weighted by atomic mass is 79.9. The van der Waals surface area contributed by atoms with Gasteiger partial charge in [0.25, 0.3) is 5.91 Å². The van der Waals surface area contributed by atoms with Crippen LogP contribution < -0.4 is 10.2 Å². The number of ether oxygens (including phenoxy) is 1. The molecule has 146 valence electrons. The van der Waals surface area contributed by atoms with Crippen molar-refractivity contribution in [2.24, 2.45) is 0 Å². The van der Waals surface area contributed by atoms with E-state index in [9.17, 15) is 14.4 Å². The summed E-state index contributed by atoms with van der Waals surface area (Å²) in [4.78, 5) is 38.6. The first kappa shape index (κ1) is 20.4. The average molecular weight is 463 g/mol. The van der Waals surface area contributed by atoms with Gasteiger partial charge in [0.15, 0.2) is 6.61 Å². The van der Waals surface area contributed by atoms with Crippen LogP contribution in [0.25, 0.3) is 0 Å². The summed E-state index contributed by atoms with van der Waals surface area (Å²) < 4.78 is 6.01. The van der Waals surface area contributed by atoms with Gasteiger partial charge in [-0.2, -0.15) is 0 Å². The molecule has 0 aromatic heterocycles. The van der Waals surface area contributed by atoms with Crippen LogP contribution in [0.3, 0.4) is 0 Å². The van der Waals surface area contributed by atoms with Gasteiger partial charge in [0.05, 0.1) is 17.1 Å². The van der Waals surface area contributed by atoms with Crippen molar-refractivity contribution in [1.29, 1.82) is 0 Å². The predicted octanol–water partition coefficient (Wildman–Crippen LogP) is 3.85. The Morgan fingerprint density at radius 3 is 2.61 bits per heavy atom. The number of carbonyl (C=O) groups is 3. The highest BCUT2D eigenvalue weighted by Gasteiger charge is 2.24. The molecule has 0 spiro atoms. The number of hydrogen-bond donors (Lipinski definition) is 1. The van der Waals surface area contributed by atoms with Crippen LogP contribution in [0.4, 0.5) is 11.4 Å². The number of hydrogen-bond acceptors (Lipinski definition) is 5. The molecule has 6 nitrogen and oxygen atoms in total. The number of nitrogens with zero attached hydrogens (tertiary/aromatic N) is 1. The molecular formula is C20H19BrN2O4S. The maximum absolute atomic E-state index is 12.2. The van der Waals surface area contributed by atoms with E-state index < -0.39 is 11.9 Å². The molecule has 0 bridgehead atoms. The van der Waals surface area contributed by atoms with Gasteiger partial charge >= 0.3 is 5.97 Å².